The van der Waals surface area contributed by atoms with Crippen LogP contribution in [-0.4, -0.2) is 11.1 Å². The van der Waals surface area contributed by atoms with Crippen LogP contribution in [0.1, 0.15) is 15.9 Å². The molecule has 2 rings (SSSR count). The number of carboxylic acids is 1. The first kappa shape index (κ1) is 12.6. The fraction of sp³-hybridized carbons (Fsp3) is 0. The summed E-state index contributed by atoms with van der Waals surface area (Å²) in [7, 11) is 0. The van der Waals surface area contributed by atoms with Crippen molar-refractivity contribution in [2.24, 2.45) is 0 Å². The molecule has 19 heavy (non-hydrogen) atoms. The largest absolute Gasteiger partial charge is 0.478 e. The molecule has 4 nitrogen and oxygen atoms in total. The average molecular weight is 256 g/mol. The molecule has 94 valence electrons. The van der Waals surface area contributed by atoms with Crippen LogP contribution in [0.4, 0.5) is 10.1 Å². The average Bonchev–Trinajstić information content (AvgIpc) is 2.38. The number of nitrogen functional groups attached to an aromatic ring is 1. The Morgan fingerprint density at radius 1 is 1.26 bits per heavy atom. The molecule has 0 aliphatic rings. The van der Waals surface area contributed by atoms with E-state index in [0.29, 0.717) is 11.1 Å². The van der Waals surface area contributed by atoms with E-state index in [1.54, 1.807) is 12.1 Å². The van der Waals surface area contributed by atoms with Crippen molar-refractivity contribution >= 4 is 11.7 Å². The Morgan fingerprint density at radius 3 is 2.53 bits per heavy atom. The minimum absolute atomic E-state index is 0.0514. The van der Waals surface area contributed by atoms with Crippen molar-refractivity contribution in [3.8, 4) is 17.2 Å². The SMILES string of the molecule is N#Cc1ccc(-c2ccc(C(=O)O)cc2N)cc1F. The van der Waals surface area contributed by atoms with E-state index in [1.807, 2.05) is 0 Å². The third-order valence-corrected chi connectivity index (χ3v) is 2.70. The summed E-state index contributed by atoms with van der Waals surface area (Å²) in [6, 6.07) is 10.1. The number of carbonyl (C=O) groups is 1. The van der Waals surface area contributed by atoms with E-state index < -0.39 is 11.8 Å². The Balaban J connectivity index is 2.51. The van der Waals surface area contributed by atoms with Crippen molar-refractivity contribution in [2.45, 2.75) is 0 Å². The summed E-state index contributed by atoms with van der Waals surface area (Å²) in [5.74, 6) is -1.72. The van der Waals surface area contributed by atoms with Crippen LogP contribution >= 0.6 is 0 Å². The first-order valence-electron chi connectivity index (χ1n) is 5.36. The lowest BCUT2D eigenvalue weighted by atomic mass is 10.0. The molecule has 0 bridgehead atoms. The number of rotatable bonds is 2. The Kier molecular flexibility index (Phi) is 3.17. The van der Waals surface area contributed by atoms with E-state index in [2.05, 4.69) is 0 Å². The van der Waals surface area contributed by atoms with Crippen molar-refractivity contribution in [2.75, 3.05) is 5.73 Å². The Morgan fingerprint density at radius 2 is 2.00 bits per heavy atom. The molecule has 0 spiro atoms. The van der Waals surface area contributed by atoms with Crippen molar-refractivity contribution < 1.29 is 14.3 Å². The van der Waals surface area contributed by atoms with Gasteiger partial charge in [0, 0.05) is 11.3 Å². The molecule has 0 radical (unpaired) electrons. The normalized spacial score (nSPS) is 9.89. The molecular weight excluding hydrogens is 247 g/mol. The molecule has 2 aromatic rings. The molecule has 0 aliphatic heterocycles. The lowest BCUT2D eigenvalue weighted by Crippen LogP contribution is -1.99. The van der Waals surface area contributed by atoms with Gasteiger partial charge in [0.05, 0.1) is 11.1 Å². The first-order valence-corrected chi connectivity index (χ1v) is 5.36. The highest BCUT2D eigenvalue weighted by Gasteiger charge is 2.10. The molecule has 0 atom stereocenters. The van der Waals surface area contributed by atoms with Crippen LogP contribution in [0.5, 0.6) is 0 Å². The summed E-state index contributed by atoms with van der Waals surface area (Å²) >= 11 is 0. The van der Waals surface area contributed by atoms with Crippen molar-refractivity contribution in [1.82, 2.24) is 0 Å². The van der Waals surface area contributed by atoms with Crippen LogP contribution < -0.4 is 5.73 Å². The quantitative estimate of drug-likeness (QED) is 0.808. The fourth-order valence-corrected chi connectivity index (χ4v) is 1.73. The number of nitrogens with zero attached hydrogens (tertiary/aromatic N) is 1. The summed E-state index contributed by atoms with van der Waals surface area (Å²) in [5.41, 5.74) is 7.03. The third-order valence-electron chi connectivity index (χ3n) is 2.70. The molecule has 0 saturated heterocycles. The van der Waals surface area contributed by atoms with E-state index in [-0.39, 0.29) is 16.8 Å². The molecular formula is C14H9FN2O2. The summed E-state index contributed by atoms with van der Waals surface area (Å²) in [6.07, 6.45) is 0. The third kappa shape index (κ3) is 2.38. The second-order valence-electron chi connectivity index (χ2n) is 3.91. The molecule has 0 saturated carbocycles. The van der Waals surface area contributed by atoms with Crippen molar-refractivity contribution in [3.05, 3.63) is 53.3 Å². The first-order chi connectivity index (χ1) is 9.02. The Hall–Kier alpha value is -2.87. The van der Waals surface area contributed by atoms with E-state index >= 15 is 0 Å². The molecule has 0 aliphatic carbocycles. The maximum atomic E-state index is 13.5. The minimum atomic E-state index is -1.08. The van der Waals surface area contributed by atoms with Gasteiger partial charge in [-0.15, -0.1) is 0 Å². The number of halogens is 1. The topological polar surface area (TPSA) is 87.1 Å². The second-order valence-corrected chi connectivity index (χ2v) is 3.91. The number of nitrogens with two attached hydrogens (primary N) is 1. The van der Waals surface area contributed by atoms with Crippen LogP contribution in [0.2, 0.25) is 0 Å². The van der Waals surface area contributed by atoms with Crippen LogP contribution in [-0.2, 0) is 0 Å². The van der Waals surface area contributed by atoms with Gasteiger partial charge in [0.15, 0.2) is 0 Å². The molecule has 2 aromatic carbocycles. The number of hydrogen-bond acceptors (Lipinski definition) is 3. The van der Waals surface area contributed by atoms with Gasteiger partial charge in [-0.1, -0.05) is 12.1 Å². The molecule has 0 heterocycles. The van der Waals surface area contributed by atoms with E-state index in [9.17, 15) is 9.18 Å². The second kappa shape index (κ2) is 4.78. The molecule has 0 unspecified atom stereocenters. The number of benzene rings is 2. The summed E-state index contributed by atoms with van der Waals surface area (Å²) in [4.78, 5) is 10.8. The van der Waals surface area contributed by atoms with Gasteiger partial charge >= 0.3 is 5.97 Å². The zero-order chi connectivity index (χ0) is 14.0. The minimum Gasteiger partial charge on any atom is -0.478 e. The van der Waals surface area contributed by atoms with E-state index in [0.717, 1.165) is 0 Å². The van der Waals surface area contributed by atoms with Gasteiger partial charge in [0.2, 0.25) is 0 Å². The van der Waals surface area contributed by atoms with Crippen molar-refractivity contribution in [3.63, 3.8) is 0 Å². The molecule has 3 N–H and O–H groups in total. The van der Waals surface area contributed by atoms with Gasteiger partial charge in [-0.3, -0.25) is 0 Å². The number of aromatic carboxylic acids is 1. The van der Waals surface area contributed by atoms with Gasteiger partial charge in [-0.2, -0.15) is 5.26 Å². The molecule has 5 heteroatoms. The summed E-state index contributed by atoms with van der Waals surface area (Å²) in [5, 5.41) is 17.5. The number of hydrogen-bond donors (Lipinski definition) is 2. The Labute approximate surface area is 108 Å². The smallest absolute Gasteiger partial charge is 0.335 e. The predicted molar refractivity (Wildman–Crippen MR) is 67.9 cm³/mol. The predicted octanol–water partition coefficient (Wildman–Crippen LogP) is 2.64. The molecule has 0 aromatic heterocycles. The lowest BCUT2D eigenvalue weighted by molar-refractivity contribution is 0.0697. The zero-order valence-electron chi connectivity index (χ0n) is 9.72. The van der Waals surface area contributed by atoms with Gasteiger partial charge in [0.1, 0.15) is 11.9 Å². The molecule has 0 fully saturated rings. The monoisotopic (exact) mass is 256 g/mol. The Bertz CT molecular complexity index is 705. The lowest BCUT2D eigenvalue weighted by Gasteiger charge is -2.07. The molecule has 0 amide bonds. The van der Waals surface area contributed by atoms with Crippen LogP contribution in [0.15, 0.2) is 36.4 Å². The van der Waals surface area contributed by atoms with Gasteiger partial charge in [-0.25, -0.2) is 9.18 Å². The maximum absolute atomic E-state index is 13.5. The number of anilines is 1. The standard InChI is InChI=1S/C14H9FN2O2/c15-12-5-8(1-2-10(12)7-16)11-4-3-9(14(18)19)6-13(11)17/h1-6H,17H2,(H,18,19). The highest BCUT2D eigenvalue weighted by molar-refractivity contribution is 5.91. The van der Waals surface area contributed by atoms with Gasteiger partial charge < -0.3 is 10.8 Å². The number of nitriles is 1. The van der Waals surface area contributed by atoms with E-state index in [4.69, 9.17) is 16.1 Å². The van der Waals surface area contributed by atoms with Gasteiger partial charge in [-0.05, 0) is 29.8 Å². The van der Waals surface area contributed by atoms with Crippen LogP contribution in [0, 0.1) is 17.1 Å². The summed E-state index contributed by atoms with van der Waals surface area (Å²) < 4.78 is 13.5. The fourth-order valence-electron chi connectivity index (χ4n) is 1.73. The van der Waals surface area contributed by atoms with Crippen molar-refractivity contribution in [1.29, 1.82) is 5.26 Å². The van der Waals surface area contributed by atoms with Crippen LogP contribution in [0.3, 0.4) is 0 Å². The zero-order valence-corrected chi connectivity index (χ0v) is 9.72. The van der Waals surface area contributed by atoms with Gasteiger partial charge in [0.25, 0.3) is 0 Å². The van der Waals surface area contributed by atoms with Crippen LogP contribution in [0.25, 0.3) is 11.1 Å². The number of carboxylic acid groups (broad SMARTS) is 1. The highest BCUT2D eigenvalue weighted by Crippen LogP contribution is 2.28. The highest BCUT2D eigenvalue weighted by atomic mass is 19.1. The maximum Gasteiger partial charge on any atom is 0.335 e. The summed E-state index contributed by atoms with van der Waals surface area (Å²) in [6.45, 7) is 0. The van der Waals surface area contributed by atoms with E-state index in [1.165, 1.54) is 30.3 Å².